The summed E-state index contributed by atoms with van der Waals surface area (Å²) < 4.78 is 42.9. The molecule has 2 rings (SSSR count). The third kappa shape index (κ3) is 5.94. The van der Waals surface area contributed by atoms with Gasteiger partial charge in [0.2, 0.25) is 5.82 Å². The molecule has 0 radical (unpaired) electrons. The summed E-state index contributed by atoms with van der Waals surface area (Å²) in [5.74, 6) is -6.08. The largest absolute Gasteiger partial charge is 0.465 e. The van der Waals surface area contributed by atoms with E-state index in [0.29, 0.717) is 5.56 Å². The van der Waals surface area contributed by atoms with Gasteiger partial charge in [0.05, 0.1) is 31.4 Å². The maximum absolute atomic E-state index is 13.5. The Morgan fingerprint density at radius 3 is 2.06 bits per heavy atom. The Kier molecular flexibility index (Phi) is 8.80. The van der Waals surface area contributed by atoms with Crippen LogP contribution >= 0.6 is 0 Å². The summed E-state index contributed by atoms with van der Waals surface area (Å²) in [5.41, 5.74) is -0.676. The standard InChI is InChI=1S/C21H24F2N2O6/c1-4-29-17(16(20(27)30-5-2)21(28)31-6-3)15(12-7-9-13(22)10-8-12)18-24-11-14(23)19(26)25-18/h7-11,15-17H,4-6H2,1-3H3,(H,24,25,26). The molecule has 0 fully saturated rings. The molecule has 168 valence electrons. The third-order valence-electron chi connectivity index (χ3n) is 4.40. The van der Waals surface area contributed by atoms with Gasteiger partial charge in [-0.3, -0.25) is 14.4 Å². The quantitative estimate of drug-likeness (QED) is 0.448. The van der Waals surface area contributed by atoms with E-state index in [1.165, 1.54) is 12.1 Å². The molecule has 0 bridgehead atoms. The van der Waals surface area contributed by atoms with E-state index < -0.39 is 47.1 Å². The average Bonchev–Trinajstić information content (AvgIpc) is 2.73. The van der Waals surface area contributed by atoms with Gasteiger partial charge < -0.3 is 19.2 Å². The number of aromatic amines is 1. The number of nitrogens with zero attached hydrogens (tertiary/aromatic N) is 1. The summed E-state index contributed by atoms with van der Waals surface area (Å²) in [6, 6.07) is 5.11. The maximum Gasteiger partial charge on any atom is 0.323 e. The first-order valence-corrected chi connectivity index (χ1v) is 9.78. The van der Waals surface area contributed by atoms with Crippen molar-refractivity contribution in [1.29, 1.82) is 0 Å². The molecule has 2 unspecified atom stereocenters. The summed E-state index contributed by atoms with van der Waals surface area (Å²) >= 11 is 0. The average molecular weight is 438 g/mol. The SMILES string of the molecule is CCOC(=O)C(C(=O)OCC)C(OCC)C(c1ccc(F)cc1)c1ncc(F)c(=O)[nH]1. The van der Waals surface area contributed by atoms with Crippen molar-refractivity contribution < 1.29 is 32.6 Å². The lowest BCUT2D eigenvalue weighted by Crippen LogP contribution is -2.43. The topological polar surface area (TPSA) is 108 Å². The number of carbonyl (C=O) groups is 2. The second kappa shape index (κ2) is 11.3. The lowest BCUT2D eigenvalue weighted by Gasteiger charge is -2.31. The van der Waals surface area contributed by atoms with Crippen LogP contribution in [0.3, 0.4) is 0 Å². The Balaban J connectivity index is 2.69. The van der Waals surface area contributed by atoms with Gasteiger partial charge in [0.25, 0.3) is 5.56 Å². The molecular weight excluding hydrogens is 414 g/mol. The van der Waals surface area contributed by atoms with Crippen LogP contribution in [0.5, 0.6) is 0 Å². The highest BCUT2D eigenvalue weighted by Crippen LogP contribution is 2.33. The smallest absolute Gasteiger partial charge is 0.323 e. The van der Waals surface area contributed by atoms with Crippen molar-refractivity contribution >= 4 is 11.9 Å². The van der Waals surface area contributed by atoms with Crippen molar-refractivity contribution in [2.24, 2.45) is 5.92 Å². The molecule has 1 aromatic heterocycles. The Labute approximate surface area is 177 Å². The second-order valence-electron chi connectivity index (χ2n) is 6.38. The fourth-order valence-corrected chi connectivity index (χ4v) is 3.13. The van der Waals surface area contributed by atoms with E-state index in [9.17, 15) is 23.2 Å². The van der Waals surface area contributed by atoms with Crippen molar-refractivity contribution in [2.75, 3.05) is 19.8 Å². The number of rotatable bonds is 10. The molecule has 0 spiro atoms. The van der Waals surface area contributed by atoms with Gasteiger partial charge in [-0.2, -0.15) is 4.39 Å². The monoisotopic (exact) mass is 438 g/mol. The number of aromatic nitrogens is 2. The molecule has 8 nitrogen and oxygen atoms in total. The van der Waals surface area contributed by atoms with Gasteiger partial charge >= 0.3 is 11.9 Å². The minimum absolute atomic E-state index is 0.000426. The number of esters is 2. The lowest BCUT2D eigenvalue weighted by molar-refractivity contribution is -0.169. The van der Waals surface area contributed by atoms with E-state index in [1.807, 2.05) is 0 Å². The first-order valence-electron chi connectivity index (χ1n) is 9.78. The van der Waals surface area contributed by atoms with Crippen molar-refractivity contribution in [2.45, 2.75) is 32.8 Å². The van der Waals surface area contributed by atoms with Crippen LogP contribution in [0, 0.1) is 17.6 Å². The van der Waals surface area contributed by atoms with Crippen LogP contribution in [0.2, 0.25) is 0 Å². The lowest BCUT2D eigenvalue weighted by atomic mass is 9.84. The van der Waals surface area contributed by atoms with Gasteiger partial charge in [-0.25, -0.2) is 9.37 Å². The van der Waals surface area contributed by atoms with Crippen LogP contribution in [0.4, 0.5) is 8.78 Å². The second-order valence-corrected chi connectivity index (χ2v) is 6.38. The van der Waals surface area contributed by atoms with E-state index in [2.05, 4.69) is 9.97 Å². The van der Waals surface area contributed by atoms with Crippen LogP contribution in [-0.2, 0) is 23.8 Å². The van der Waals surface area contributed by atoms with E-state index >= 15 is 0 Å². The van der Waals surface area contributed by atoms with Gasteiger partial charge in [-0.15, -0.1) is 0 Å². The van der Waals surface area contributed by atoms with Gasteiger partial charge in [-0.1, -0.05) is 12.1 Å². The summed E-state index contributed by atoms with van der Waals surface area (Å²) in [6.45, 7) is 4.87. The molecule has 0 aliphatic rings. The molecule has 0 aliphatic heterocycles. The van der Waals surface area contributed by atoms with Crippen LogP contribution < -0.4 is 5.56 Å². The van der Waals surface area contributed by atoms with Gasteiger partial charge in [0.1, 0.15) is 11.6 Å². The molecule has 10 heteroatoms. The molecule has 2 atom stereocenters. The Morgan fingerprint density at radius 2 is 1.58 bits per heavy atom. The van der Waals surface area contributed by atoms with Gasteiger partial charge in [0, 0.05) is 6.61 Å². The highest BCUT2D eigenvalue weighted by molar-refractivity contribution is 5.96. The first kappa shape index (κ1) is 24.1. The van der Waals surface area contributed by atoms with Crippen molar-refractivity contribution in [3.05, 3.63) is 63.8 Å². The number of nitrogens with one attached hydrogen (secondary N) is 1. The number of carbonyl (C=O) groups excluding carboxylic acids is 2. The molecule has 1 heterocycles. The van der Waals surface area contributed by atoms with Crippen molar-refractivity contribution in [3.63, 3.8) is 0 Å². The summed E-state index contributed by atoms with van der Waals surface area (Å²) in [6.07, 6.45) is -0.528. The van der Waals surface area contributed by atoms with E-state index in [0.717, 1.165) is 18.3 Å². The number of benzene rings is 1. The molecule has 1 aromatic carbocycles. The zero-order chi connectivity index (χ0) is 23.0. The molecule has 0 amide bonds. The summed E-state index contributed by atoms with van der Waals surface area (Å²) in [4.78, 5) is 43.5. The first-order chi connectivity index (χ1) is 14.8. The van der Waals surface area contributed by atoms with Gasteiger partial charge in [0.15, 0.2) is 5.92 Å². The number of ether oxygens (including phenoxy) is 3. The van der Waals surface area contributed by atoms with Crippen LogP contribution in [0.25, 0.3) is 0 Å². The number of halogens is 2. The van der Waals surface area contributed by atoms with E-state index in [1.54, 1.807) is 20.8 Å². The molecule has 31 heavy (non-hydrogen) atoms. The molecule has 0 saturated carbocycles. The van der Waals surface area contributed by atoms with Crippen molar-refractivity contribution in [3.8, 4) is 0 Å². The Hall–Kier alpha value is -3.14. The molecule has 0 saturated heterocycles. The molecule has 0 aliphatic carbocycles. The fraction of sp³-hybridized carbons (Fsp3) is 0.429. The Bertz CT molecular complexity index is 930. The minimum atomic E-state index is -1.54. The summed E-state index contributed by atoms with van der Waals surface area (Å²) in [7, 11) is 0. The van der Waals surface area contributed by atoms with Crippen LogP contribution in [0.1, 0.15) is 38.1 Å². The fourth-order valence-electron chi connectivity index (χ4n) is 3.13. The molecular formula is C21H24F2N2O6. The third-order valence-corrected chi connectivity index (χ3v) is 4.40. The van der Waals surface area contributed by atoms with Crippen LogP contribution in [0.15, 0.2) is 35.3 Å². The van der Waals surface area contributed by atoms with Crippen LogP contribution in [-0.4, -0.2) is 47.8 Å². The zero-order valence-corrected chi connectivity index (χ0v) is 17.4. The zero-order valence-electron chi connectivity index (χ0n) is 17.4. The molecule has 2 aromatic rings. The minimum Gasteiger partial charge on any atom is -0.465 e. The number of H-pyrrole nitrogens is 1. The van der Waals surface area contributed by atoms with E-state index in [-0.39, 0.29) is 25.6 Å². The van der Waals surface area contributed by atoms with Crippen molar-refractivity contribution in [1.82, 2.24) is 9.97 Å². The normalized spacial score (nSPS) is 13.0. The highest BCUT2D eigenvalue weighted by Gasteiger charge is 2.44. The Morgan fingerprint density at radius 1 is 1.00 bits per heavy atom. The summed E-state index contributed by atoms with van der Waals surface area (Å²) in [5, 5.41) is 0. The highest BCUT2D eigenvalue weighted by atomic mass is 19.1. The van der Waals surface area contributed by atoms with Gasteiger partial charge in [-0.05, 0) is 38.5 Å². The predicted molar refractivity (Wildman–Crippen MR) is 105 cm³/mol. The van der Waals surface area contributed by atoms with E-state index in [4.69, 9.17) is 14.2 Å². The number of hydrogen-bond donors (Lipinski definition) is 1. The maximum atomic E-state index is 13.5. The molecule has 1 N–H and O–H groups in total. The predicted octanol–water partition coefficient (Wildman–Crippen LogP) is 2.33. The number of hydrogen-bond acceptors (Lipinski definition) is 7.